The Balaban J connectivity index is 0.00000220. The second kappa shape index (κ2) is 7.26. The Hall–Kier alpha value is -1.09. The summed E-state index contributed by atoms with van der Waals surface area (Å²) in [7, 11) is 0. The van der Waals surface area contributed by atoms with E-state index in [2.05, 4.69) is 32.2 Å². The van der Waals surface area contributed by atoms with Gasteiger partial charge in [0, 0.05) is 0 Å². The van der Waals surface area contributed by atoms with Crippen LogP contribution >= 0.6 is 0 Å². The molecule has 0 saturated heterocycles. The Labute approximate surface area is 148 Å². The molecule has 2 aromatic rings. The van der Waals surface area contributed by atoms with Gasteiger partial charge in [-0.2, -0.15) is 0 Å². The molecule has 0 heterocycles. The van der Waals surface area contributed by atoms with Crippen LogP contribution in [-0.2, 0) is 5.41 Å². The molecule has 0 aliphatic heterocycles. The number of hydrogen-bond acceptors (Lipinski definition) is 1. The van der Waals surface area contributed by atoms with Gasteiger partial charge in [-0.25, -0.2) is 0 Å². The van der Waals surface area contributed by atoms with E-state index in [-0.39, 0.29) is 40.4 Å². The Morgan fingerprint density at radius 1 is 0.905 bits per heavy atom. The third-order valence-corrected chi connectivity index (χ3v) is 3.25. The fourth-order valence-corrected chi connectivity index (χ4v) is 2.15. The van der Waals surface area contributed by atoms with Crippen molar-refractivity contribution in [1.29, 1.82) is 0 Å². The molecule has 3 heteroatoms. The Kier molecular flexibility index (Phi) is 6.21. The van der Waals surface area contributed by atoms with Crippen LogP contribution < -0.4 is 35.0 Å². The molecule has 0 bridgehead atoms. The van der Waals surface area contributed by atoms with Crippen LogP contribution in [0.4, 0.5) is 11.4 Å². The summed E-state index contributed by atoms with van der Waals surface area (Å²) < 4.78 is 0. The normalized spacial score (nSPS) is 10.7. The van der Waals surface area contributed by atoms with Crippen LogP contribution in [0.2, 0.25) is 0 Å². The van der Waals surface area contributed by atoms with Gasteiger partial charge in [-0.15, -0.1) is 5.69 Å². The van der Waals surface area contributed by atoms with E-state index in [1.54, 1.807) is 18.2 Å². The summed E-state index contributed by atoms with van der Waals surface area (Å²) >= 11 is 0. The summed E-state index contributed by atoms with van der Waals surface area (Å²) in [6, 6.07) is 14.9. The standard InChI is InChI=1S/C18H21NO.Na/c1-13-9-8-10-14(18(2,3)4)17(13)19-15-11-6-5-7-12-16(15)20;/h5-12H,1-4H3,(H,19,20);/q;+1/p-1. The topological polar surface area (TPSA) is 31.2 Å². The Morgan fingerprint density at radius 2 is 1.57 bits per heavy atom. The minimum absolute atomic E-state index is 0. The molecule has 2 rings (SSSR count). The molecule has 21 heavy (non-hydrogen) atoms. The molecule has 0 unspecified atom stereocenters. The molecule has 0 aromatic heterocycles. The third kappa shape index (κ3) is 4.44. The molecular formula is C18H20NNaO. The largest absolute Gasteiger partial charge is 1.00 e. The maximum Gasteiger partial charge on any atom is 1.00 e. The molecule has 0 radical (unpaired) electrons. The summed E-state index contributed by atoms with van der Waals surface area (Å²) in [6.45, 7) is 8.50. The molecular weight excluding hydrogens is 269 g/mol. The van der Waals surface area contributed by atoms with Crippen LogP contribution in [0, 0.1) is 6.92 Å². The summed E-state index contributed by atoms with van der Waals surface area (Å²) in [5.41, 5.74) is 3.56. The van der Waals surface area contributed by atoms with E-state index in [1.165, 1.54) is 0 Å². The predicted octanol–water partition coefficient (Wildman–Crippen LogP) is 1.99. The molecule has 0 saturated carbocycles. The van der Waals surface area contributed by atoms with E-state index in [0.717, 1.165) is 16.8 Å². The molecule has 0 N–H and O–H groups in total. The van der Waals surface area contributed by atoms with Crippen molar-refractivity contribution in [2.24, 2.45) is 0 Å². The summed E-state index contributed by atoms with van der Waals surface area (Å²) in [4.78, 5) is 12.0. The third-order valence-electron chi connectivity index (χ3n) is 3.25. The van der Waals surface area contributed by atoms with Gasteiger partial charge in [0.05, 0.1) is 0 Å². The fraction of sp³-hybridized carbons (Fsp3) is 0.278. The van der Waals surface area contributed by atoms with Crippen LogP contribution in [-0.4, -0.2) is 0 Å². The van der Waals surface area contributed by atoms with Crippen LogP contribution in [0.5, 0.6) is 0 Å². The molecule has 0 spiro atoms. The van der Waals surface area contributed by atoms with Crippen molar-refractivity contribution >= 4 is 11.4 Å². The molecule has 0 aliphatic rings. The molecule has 0 atom stereocenters. The van der Waals surface area contributed by atoms with Crippen LogP contribution in [0.15, 0.2) is 53.3 Å². The summed E-state index contributed by atoms with van der Waals surface area (Å²) in [6.07, 6.45) is 0. The van der Waals surface area contributed by atoms with Gasteiger partial charge in [0.2, 0.25) is 0 Å². The SMILES string of the molecule is Cc1cccc(C(C)(C)C)c1[N-]c1cccccc1=O.[Na+]. The van der Waals surface area contributed by atoms with E-state index in [9.17, 15) is 4.79 Å². The van der Waals surface area contributed by atoms with Gasteiger partial charge >= 0.3 is 29.6 Å². The van der Waals surface area contributed by atoms with Crippen LogP contribution in [0.1, 0.15) is 31.9 Å². The van der Waals surface area contributed by atoms with Crippen molar-refractivity contribution in [2.75, 3.05) is 0 Å². The van der Waals surface area contributed by atoms with Crippen molar-refractivity contribution in [3.63, 3.8) is 0 Å². The number of rotatable bonds is 2. The van der Waals surface area contributed by atoms with Gasteiger partial charge in [-0.05, 0) is 18.4 Å². The first kappa shape index (κ1) is 18.0. The predicted molar refractivity (Wildman–Crippen MR) is 85.3 cm³/mol. The zero-order chi connectivity index (χ0) is 14.8. The van der Waals surface area contributed by atoms with Gasteiger partial charge in [0.25, 0.3) is 0 Å². The van der Waals surface area contributed by atoms with Gasteiger partial charge in [0.1, 0.15) is 0 Å². The summed E-state index contributed by atoms with van der Waals surface area (Å²) in [5, 5.41) is 4.63. The van der Waals surface area contributed by atoms with Gasteiger partial charge in [0.15, 0.2) is 5.43 Å². The quantitative estimate of drug-likeness (QED) is 0.778. The van der Waals surface area contributed by atoms with E-state index in [0.29, 0.717) is 5.69 Å². The minimum Gasteiger partial charge on any atom is -0.654 e. The summed E-state index contributed by atoms with van der Waals surface area (Å²) in [5.74, 6) is 0. The maximum atomic E-state index is 12.0. The average Bonchev–Trinajstić information content (AvgIpc) is 2.56. The molecule has 0 aliphatic carbocycles. The number of hydrogen-bond donors (Lipinski definition) is 0. The van der Waals surface area contributed by atoms with Crippen molar-refractivity contribution in [3.05, 3.63) is 75.2 Å². The van der Waals surface area contributed by atoms with E-state index < -0.39 is 0 Å². The average molecular weight is 289 g/mol. The van der Waals surface area contributed by atoms with E-state index in [4.69, 9.17) is 0 Å². The Morgan fingerprint density at radius 3 is 2.24 bits per heavy atom. The van der Waals surface area contributed by atoms with Crippen molar-refractivity contribution in [1.82, 2.24) is 0 Å². The zero-order valence-corrected chi connectivity index (χ0v) is 15.5. The first-order valence-electron chi connectivity index (χ1n) is 6.81. The smallest absolute Gasteiger partial charge is 0.654 e. The van der Waals surface area contributed by atoms with Crippen molar-refractivity contribution in [3.8, 4) is 0 Å². The number of nitrogens with zero attached hydrogens (tertiary/aromatic N) is 1. The second-order valence-corrected chi connectivity index (χ2v) is 5.99. The van der Waals surface area contributed by atoms with Gasteiger partial charge < -0.3 is 5.32 Å². The van der Waals surface area contributed by atoms with Crippen LogP contribution in [0.25, 0.3) is 5.32 Å². The Bertz CT molecular complexity index is 674. The minimum atomic E-state index is -0.0573. The van der Waals surface area contributed by atoms with Crippen LogP contribution in [0.3, 0.4) is 0 Å². The monoisotopic (exact) mass is 289 g/mol. The van der Waals surface area contributed by atoms with Crippen molar-refractivity contribution in [2.45, 2.75) is 33.1 Å². The molecule has 104 valence electrons. The van der Waals surface area contributed by atoms with E-state index >= 15 is 0 Å². The first-order valence-corrected chi connectivity index (χ1v) is 6.81. The fourth-order valence-electron chi connectivity index (χ4n) is 2.15. The maximum absolute atomic E-state index is 12.0. The van der Waals surface area contributed by atoms with Crippen molar-refractivity contribution < 1.29 is 29.6 Å². The number of para-hydroxylation sites is 1. The molecule has 2 aromatic carbocycles. The molecule has 0 fully saturated rings. The molecule has 2 nitrogen and oxygen atoms in total. The number of benzene rings is 1. The van der Waals surface area contributed by atoms with Gasteiger partial charge in [-0.1, -0.05) is 80.1 Å². The zero-order valence-electron chi connectivity index (χ0n) is 13.5. The number of aryl methyl sites for hydroxylation is 1. The van der Waals surface area contributed by atoms with Gasteiger partial charge in [-0.3, -0.25) is 4.79 Å². The van der Waals surface area contributed by atoms with E-state index in [1.807, 2.05) is 31.2 Å². The first-order chi connectivity index (χ1) is 9.39. The molecule has 0 amide bonds. The second-order valence-electron chi connectivity index (χ2n) is 5.99.